The molecule has 1 aliphatic carbocycles. The standard InChI is InChI=1S/C17H25N3O6S/c21-15(12-26-11-13-3-4-13)10-18-16-6-5-14(20(22)23)9-17(16)27(24,25)19-7-1-2-8-19/h5-6,9,13,15,18,21H,1-4,7-8,10-12H2/t15-/m0/s1. The van der Waals surface area contributed by atoms with E-state index in [0.29, 0.717) is 25.6 Å². The van der Waals surface area contributed by atoms with Crippen LogP contribution in [0.3, 0.4) is 0 Å². The van der Waals surface area contributed by atoms with E-state index < -0.39 is 21.1 Å². The Morgan fingerprint density at radius 2 is 2.04 bits per heavy atom. The number of hydrogen-bond acceptors (Lipinski definition) is 7. The molecule has 1 heterocycles. The fourth-order valence-electron chi connectivity index (χ4n) is 2.99. The van der Waals surface area contributed by atoms with Crippen molar-refractivity contribution in [3.05, 3.63) is 28.3 Å². The number of nitrogens with zero attached hydrogens (tertiary/aromatic N) is 2. The summed E-state index contributed by atoms with van der Waals surface area (Å²) >= 11 is 0. The molecule has 2 aliphatic rings. The minimum Gasteiger partial charge on any atom is -0.389 e. The minimum absolute atomic E-state index is 0.0883. The summed E-state index contributed by atoms with van der Waals surface area (Å²) in [4.78, 5) is 10.3. The maximum Gasteiger partial charge on any atom is 0.270 e. The van der Waals surface area contributed by atoms with Gasteiger partial charge in [0.1, 0.15) is 4.90 Å². The Morgan fingerprint density at radius 1 is 1.33 bits per heavy atom. The van der Waals surface area contributed by atoms with Gasteiger partial charge in [0.05, 0.1) is 23.3 Å². The third-order valence-electron chi connectivity index (χ3n) is 4.75. The van der Waals surface area contributed by atoms with E-state index >= 15 is 0 Å². The van der Waals surface area contributed by atoms with Crippen LogP contribution in [0.25, 0.3) is 0 Å². The lowest BCUT2D eigenvalue weighted by molar-refractivity contribution is -0.385. The normalized spacial score (nSPS) is 19.1. The highest BCUT2D eigenvalue weighted by molar-refractivity contribution is 7.89. The number of rotatable bonds is 10. The SMILES string of the molecule is O=[N+]([O-])c1ccc(NC[C@H](O)COCC2CC2)c(S(=O)(=O)N2CCCC2)c1. The van der Waals surface area contributed by atoms with Crippen LogP contribution in [-0.4, -0.2) is 61.7 Å². The smallest absolute Gasteiger partial charge is 0.270 e. The highest BCUT2D eigenvalue weighted by Gasteiger charge is 2.31. The first kappa shape index (κ1) is 20.0. The molecule has 27 heavy (non-hydrogen) atoms. The molecular weight excluding hydrogens is 374 g/mol. The molecule has 150 valence electrons. The van der Waals surface area contributed by atoms with Crippen LogP contribution in [0.15, 0.2) is 23.1 Å². The molecule has 10 heteroatoms. The number of non-ortho nitro benzene ring substituents is 1. The van der Waals surface area contributed by atoms with Crippen molar-refractivity contribution in [3.8, 4) is 0 Å². The van der Waals surface area contributed by atoms with Crippen molar-refractivity contribution in [1.82, 2.24) is 4.31 Å². The van der Waals surface area contributed by atoms with Gasteiger partial charge in [0.2, 0.25) is 10.0 Å². The molecule has 0 radical (unpaired) electrons. The van der Waals surface area contributed by atoms with Crippen molar-refractivity contribution < 1.29 is 23.2 Å². The van der Waals surface area contributed by atoms with Crippen LogP contribution in [0.2, 0.25) is 0 Å². The van der Waals surface area contributed by atoms with Crippen LogP contribution in [0, 0.1) is 16.0 Å². The van der Waals surface area contributed by atoms with Crippen LogP contribution < -0.4 is 5.32 Å². The third kappa shape index (κ3) is 5.16. The number of nitrogens with one attached hydrogen (secondary N) is 1. The van der Waals surface area contributed by atoms with Crippen LogP contribution in [0.4, 0.5) is 11.4 Å². The highest BCUT2D eigenvalue weighted by Crippen LogP contribution is 2.31. The number of benzene rings is 1. The molecule has 0 bridgehead atoms. The lowest BCUT2D eigenvalue weighted by Crippen LogP contribution is -2.30. The van der Waals surface area contributed by atoms with Gasteiger partial charge in [-0.1, -0.05) is 0 Å². The maximum atomic E-state index is 12.9. The largest absolute Gasteiger partial charge is 0.389 e. The summed E-state index contributed by atoms with van der Waals surface area (Å²) in [5.74, 6) is 0.594. The molecule has 0 amide bonds. The van der Waals surface area contributed by atoms with Crippen LogP contribution in [0.5, 0.6) is 0 Å². The van der Waals surface area contributed by atoms with Crippen LogP contribution in [-0.2, 0) is 14.8 Å². The monoisotopic (exact) mass is 399 g/mol. The number of anilines is 1. The van der Waals surface area contributed by atoms with Gasteiger partial charge in [-0.3, -0.25) is 10.1 Å². The summed E-state index contributed by atoms with van der Waals surface area (Å²) in [7, 11) is -3.84. The van der Waals surface area contributed by atoms with Crippen molar-refractivity contribution in [2.45, 2.75) is 36.7 Å². The van der Waals surface area contributed by atoms with Gasteiger partial charge in [-0.15, -0.1) is 0 Å². The Balaban J connectivity index is 1.71. The fraction of sp³-hybridized carbons (Fsp3) is 0.647. The van der Waals surface area contributed by atoms with Crippen molar-refractivity contribution in [1.29, 1.82) is 0 Å². The quantitative estimate of drug-likeness (QED) is 0.452. The van der Waals surface area contributed by atoms with E-state index in [4.69, 9.17) is 4.74 Å². The molecule has 1 aromatic carbocycles. The van der Waals surface area contributed by atoms with Gasteiger partial charge in [-0.2, -0.15) is 4.31 Å². The molecule has 1 saturated heterocycles. The lowest BCUT2D eigenvalue weighted by Gasteiger charge is -2.20. The molecule has 2 fully saturated rings. The Bertz CT molecular complexity index is 775. The zero-order valence-corrected chi connectivity index (χ0v) is 15.9. The molecule has 1 atom stereocenters. The zero-order valence-electron chi connectivity index (χ0n) is 15.0. The molecule has 3 rings (SSSR count). The second-order valence-electron chi connectivity index (χ2n) is 7.06. The van der Waals surface area contributed by atoms with Gasteiger partial charge in [0.25, 0.3) is 5.69 Å². The Labute approximate surface area is 158 Å². The minimum atomic E-state index is -3.84. The number of aliphatic hydroxyl groups is 1. The van der Waals surface area contributed by atoms with Crippen molar-refractivity contribution in [3.63, 3.8) is 0 Å². The van der Waals surface area contributed by atoms with Gasteiger partial charge < -0.3 is 15.2 Å². The molecule has 0 unspecified atom stereocenters. The first-order chi connectivity index (χ1) is 12.9. The molecule has 9 nitrogen and oxygen atoms in total. The summed E-state index contributed by atoms with van der Waals surface area (Å²) in [5.41, 5.74) is -0.0413. The summed E-state index contributed by atoms with van der Waals surface area (Å²) in [6.45, 7) is 1.68. The summed E-state index contributed by atoms with van der Waals surface area (Å²) in [6, 6.07) is 3.70. The predicted molar refractivity (Wildman–Crippen MR) is 99.1 cm³/mol. The van der Waals surface area contributed by atoms with Crippen LogP contribution in [0.1, 0.15) is 25.7 Å². The zero-order chi connectivity index (χ0) is 19.4. The molecule has 2 N–H and O–H groups in total. The lowest BCUT2D eigenvalue weighted by atomic mass is 10.2. The Kier molecular flexibility index (Phi) is 6.30. The maximum absolute atomic E-state index is 12.9. The van der Waals surface area contributed by atoms with E-state index in [9.17, 15) is 23.6 Å². The van der Waals surface area contributed by atoms with E-state index in [1.807, 2.05) is 0 Å². The van der Waals surface area contributed by atoms with E-state index in [1.54, 1.807) is 0 Å². The molecular formula is C17H25N3O6S. The predicted octanol–water partition coefficient (Wildman–Crippen LogP) is 1.58. The van der Waals surface area contributed by atoms with E-state index in [0.717, 1.165) is 31.7 Å². The summed E-state index contributed by atoms with van der Waals surface area (Å²) < 4.78 is 32.6. The van der Waals surface area contributed by atoms with E-state index in [-0.39, 0.29) is 29.4 Å². The molecule has 1 saturated carbocycles. The first-order valence-corrected chi connectivity index (χ1v) is 10.6. The summed E-state index contributed by atoms with van der Waals surface area (Å²) in [6.07, 6.45) is 3.06. The number of hydrogen-bond donors (Lipinski definition) is 2. The second-order valence-corrected chi connectivity index (χ2v) is 8.97. The molecule has 0 aromatic heterocycles. The second kappa shape index (κ2) is 8.51. The molecule has 1 aromatic rings. The van der Waals surface area contributed by atoms with Gasteiger partial charge in [-0.05, 0) is 37.7 Å². The number of aliphatic hydroxyl groups excluding tert-OH is 1. The third-order valence-corrected chi connectivity index (χ3v) is 6.69. The fourth-order valence-corrected chi connectivity index (χ4v) is 4.70. The average Bonchev–Trinajstić information content (AvgIpc) is 3.28. The first-order valence-electron chi connectivity index (χ1n) is 9.16. The number of sulfonamides is 1. The van der Waals surface area contributed by atoms with Crippen molar-refractivity contribution in [2.24, 2.45) is 5.92 Å². The van der Waals surface area contributed by atoms with Crippen molar-refractivity contribution in [2.75, 3.05) is 38.2 Å². The van der Waals surface area contributed by atoms with E-state index in [2.05, 4.69) is 5.32 Å². The number of nitro groups is 1. The Morgan fingerprint density at radius 3 is 2.67 bits per heavy atom. The van der Waals surface area contributed by atoms with Gasteiger partial charge >= 0.3 is 0 Å². The van der Waals surface area contributed by atoms with E-state index in [1.165, 1.54) is 16.4 Å². The van der Waals surface area contributed by atoms with Gasteiger partial charge in [-0.25, -0.2) is 8.42 Å². The molecule has 1 aliphatic heterocycles. The number of nitro benzene ring substituents is 1. The van der Waals surface area contributed by atoms with Crippen LogP contribution >= 0.6 is 0 Å². The van der Waals surface area contributed by atoms with Gasteiger partial charge in [0, 0.05) is 38.4 Å². The van der Waals surface area contributed by atoms with Crippen molar-refractivity contribution >= 4 is 21.4 Å². The average molecular weight is 399 g/mol. The molecule has 0 spiro atoms. The van der Waals surface area contributed by atoms with Gasteiger partial charge in [0.15, 0.2) is 0 Å². The summed E-state index contributed by atoms with van der Waals surface area (Å²) in [5, 5.41) is 24.0. The highest BCUT2D eigenvalue weighted by atomic mass is 32.2. The Hall–Kier alpha value is -1.75. The topological polar surface area (TPSA) is 122 Å². The number of ether oxygens (including phenoxy) is 1.